The number of nitrogens with one attached hydrogen (secondary N) is 1. The summed E-state index contributed by atoms with van der Waals surface area (Å²) in [6, 6.07) is 2.84. The topological polar surface area (TPSA) is 107 Å². The van der Waals surface area contributed by atoms with E-state index in [9.17, 15) is 18.0 Å². The van der Waals surface area contributed by atoms with Crippen molar-refractivity contribution >= 4 is 29.5 Å². The van der Waals surface area contributed by atoms with Crippen LogP contribution in [-0.2, 0) is 11.0 Å². The monoisotopic (exact) mass is 504 g/mol. The Morgan fingerprint density at radius 2 is 1.89 bits per heavy atom. The summed E-state index contributed by atoms with van der Waals surface area (Å²) in [5.74, 6) is 0.198. The lowest BCUT2D eigenvalue weighted by Gasteiger charge is -2.39. The first kappa shape index (κ1) is 23.1. The fourth-order valence-electron chi connectivity index (χ4n) is 5.43. The van der Waals surface area contributed by atoms with E-state index in [2.05, 4.69) is 30.5 Å². The summed E-state index contributed by atoms with van der Waals surface area (Å²) in [6.45, 7) is 4.78. The van der Waals surface area contributed by atoms with Crippen LogP contribution in [0.15, 0.2) is 22.1 Å². The van der Waals surface area contributed by atoms with Crippen molar-refractivity contribution in [2.45, 2.75) is 37.5 Å². The maximum absolute atomic E-state index is 13.5. The van der Waals surface area contributed by atoms with Gasteiger partial charge in [-0.2, -0.15) is 17.7 Å². The minimum atomic E-state index is -4.67. The second-order valence-corrected chi connectivity index (χ2v) is 9.58. The van der Waals surface area contributed by atoms with E-state index in [-0.39, 0.29) is 17.6 Å². The third-order valence-corrected chi connectivity index (χ3v) is 7.36. The molecule has 2 aromatic heterocycles. The van der Waals surface area contributed by atoms with Gasteiger partial charge in [-0.1, -0.05) is 0 Å². The lowest BCUT2D eigenvalue weighted by Crippen LogP contribution is -2.55. The third kappa shape index (κ3) is 4.16. The number of carbonyl (C=O) groups excluding carboxylic acids is 1. The Kier molecular flexibility index (Phi) is 5.77. The minimum Gasteiger partial charge on any atom is -0.343 e. The third-order valence-electron chi connectivity index (χ3n) is 7.36. The molecule has 6 rings (SSSR count). The van der Waals surface area contributed by atoms with Gasteiger partial charge in [0.15, 0.2) is 5.65 Å². The Morgan fingerprint density at radius 3 is 2.69 bits per heavy atom. The smallest absolute Gasteiger partial charge is 0.343 e. The van der Waals surface area contributed by atoms with Crippen LogP contribution >= 0.6 is 0 Å². The number of halogens is 3. The molecule has 36 heavy (non-hydrogen) atoms. The van der Waals surface area contributed by atoms with Crippen LogP contribution in [0.5, 0.6) is 0 Å². The van der Waals surface area contributed by atoms with Gasteiger partial charge in [-0.3, -0.25) is 4.79 Å². The van der Waals surface area contributed by atoms with Crippen LogP contribution in [0.25, 0.3) is 5.65 Å². The van der Waals surface area contributed by atoms with Crippen LogP contribution < -0.4 is 10.2 Å². The fourth-order valence-corrected chi connectivity index (χ4v) is 5.43. The molecule has 3 saturated heterocycles. The number of fused-ring (bicyclic) bond motifs is 2. The Hall–Kier alpha value is -3.29. The molecule has 3 unspecified atom stereocenters. The Labute approximate surface area is 205 Å². The van der Waals surface area contributed by atoms with Crippen LogP contribution in [0, 0.1) is 5.92 Å². The molecule has 0 aromatic carbocycles. The number of aromatic nitrogens is 4. The number of aliphatic imine (C=N–C) groups is 2. The van der Waals surface area contributed by atoms with E-state index in [1.165, 1.54) is 6.07 Å². The van der Waals surface area contributed by atoms with Crippen molar-refractivity contribution in [3.63, 3.8) is 0 Å². The SMILES string of the molecule is O=C(C1CCCN1c1ccc2nnc(C(F)(F)F)n2n1)N1CCN(C2=NC3CCNCC3C=N2)CC1. The fraction of sp³-hybridized carbons (Fsp3) is 0.636. The van der Waals surface area contributed by atoms with E-state index in [4.69, 9.17) is 4.99 Å². The number of nitrogens with zero attached hydrogens (tertiary/aromatic N) is 9. The molecule has 3 fully saturated rings. The van der Waals surface area contributed by atoms with Gasteiger partial charge in [0.05, 0.1) is 6.04 Å². The highest BCUT2D eigenvalue weighted by atomic mass is 19.4. The van der Waals surface area contributed by atoms with Gasteiger partial charge in [0.2, 0.25) is 11.9 Å². The highest BCUT2D eigenvalue weighted by Gasteiger charge is 2.39. The number of hydrogen-bond acceptors (Lipinski definition) is 9. The molecule has 0 bridgehead atoms. The van der Waals surface area contributed by atoms with Gasteiger partial charge in [-0.25, -0.2) is 9.98 Å². The lowest BCUT2D eigenvalue weighted by molar-refractivity contribution is -0.146. The molecule has 4 aliphatic heterocycles. The quantitative estimate of drug-likeness (QED) is 0.641. The number of piperazine rings is 1. The zero-order chi connectivity index (χ0) is 24.9. The Bertz CT molecular complexity index is 1200. The average molecular weight is 505 g/mol. The highest BCUT2D eigenvalue weighted by molar-refractivity contribution is 5.91. The lowest BCUT2D eigenvalue weighted by atomic mass is 9.94. The van der Waals surface area contributed by atoms with Crippen molar-refractivity contribution in [2.24, 2.45) is 15.9 Å². The van der Waals surface area contributed by atoms with Gasteiger partial charge in [-0.15, -0.1) is 15.3 Å². The molecule has 2 aromatic rings. The van der Waals surface area contributed by atoms with Gasteiger partial charge in [0.25, 0.3) is 5.82 Å². The number of guanidine groups is 1. The first-order valence-electron chi connectivity index (χ1n) is 12.3. The molecule has 0 saturated carbocycles. The Morgan fingerprint density at radius 1 is 1.06 bits per heavy atom. The molecule has 1 N–H and O–H groups in total. The van der Waals surface area contributed by atoms with Crippen molar-refractivity contribution in [3.05, 3.63) is 18.0 Å². The van der Waals surface area contributed by atoms with Crippen LogP contribution in [0.4, 0.5) is 19.0 Å². The molecular weight excluding hydrogens is 477 g/mol. The van der Waals surface area contributed by atoms with Gasteiger partial charge in [0.1, 0.15) is 11.9 Å². The summed E-state index contributed by atoms with van der Waals surface area (Å²) in [5.41, 5.74) is 0.00775. The number of anilines is 1. The highest BCUT2D eigenvalue weighted by Crippen LogP contribution is 2.30. The Balaban J connectivity index is 1.13. The van der Waals surface area contributed by atoms with Gasteiger partial charge < -0.3 is 20.0 Å². The summed E-state index contributed by atoms with van der Waals surface area (Å²) in [5, 5.41) is 14.3. The molecule has 4 aliphatic rings. The summed E-state index contributed by atoms with van der Waals surface area (Å²) < 4.78 is 40.6. The van der Waals surface area contributed by atoms with Crippen molar-refractivity contribution in [2.75, 3.05) is 50.7 Å². The van der Waals surface area contributed by atoms with Crippen molar-refractivity contribution < 1.29 is 18.0 Å². The second-order valence-electron chi connectivity index (χ2n) is 9.58. The molecule has 11 nitrogen and oxygen atoms in total. The van der Waals surface area contributed by atoms with Crippen molar-refractivity contribution in [3.8, 4) is 0 Å². The zero-order valence-corrected chi connectivity index (χ0v) is 19.6. The van der Waals surface area contributed by atoms with Crippen LogP contribution in [0.3, 0.4) is 0 Å². The molecule has 0 radical (unpaired) electrons. The van der Waals surface area contributed by atoms with Gasteiger partial charge in [-0.05, 0) is 37.9 Å². The normalized spacial score (nSPS) is 26.9. The first-order chi connectivity index (χ1) is 17.4. The molecule has 3 atom stereocenters. The molecule has 6 heterocycles. The predicted molar refractivity (Wildman–Crippen MR) is 125 cm³/mol. The van der Waals surface area contributed by atoms with Gasteiger partial charge in [0, 0.05) is 51.4 Å². The molecule has 14 heteroatoms. The van der Waals surface area contributed by atoms with E-state index >= 15 is 0 Å². The van der Waals surface area contributed by atoms with Crippen LogP contribution in [0.1, 0.15) is 25.1 Å². The molecule has 0 spiro atoms. The molecule has 192 valence electrons. The van der Waals surface area contributed by atoms with E-state index in [1.807, 2.05) is 11.1 Å². The largest absolute Gasteiger partial charge is 0.453 e. The number of rotatable bonds is 2. The molecule has 0 aliphatic carbocycles. The first-order valence-corrected chi connectivity index (χ1v) is 12.3. The number of hydrogen-bond donors (Lipinski definition) is 1. The van der Waals surface area contributed by atoms with Crippen molar-refractivity contribution in [1.82, 2.24) is 34.9 Å². The van der Waals surface area contributed by atoms with Crippen LogP contribution in [-0.4, -0.2) is 106 Å². The van der Waals surface area contributed by atoms with Crippen LogP contribution in [0.2, 0.25) is 0 Å². The maximum Gasteiger partial charge on any atom is 0.453 e. The summed E-state index contributed by atoms with van der Waals surface area (Å²) in [6.07, 6.45) is -0.298. The number of amides is 1. The number of piperidine rings is 1. The minimum absolute atomic E-state index is 0.00775. The summed E-state index contributed by atoms with van der Waals surface area (Å²) >= 11 is 0. The second kappa shape index (κ2) is 8.98. The van der Waals surface area contributed by atoms with Crippen molar-refractivity contribution in [1.29, 1.82) is 0 Å². The predicted octanol–water partition coefficient (Wildman–Crippen LogP) is 0.675. The average Bonchev–Trinajstić information content (AvgIpc) is 3.55. The van der Waals surface area contributed by atoms with Gasteiger partial charge >= 0.3 is 6.18 Å². The van der Waals surface area contributed by atoms with E-state index < -0.39 is 18.0 Å². The van der Waals surface area contributed by atoms with E-state index in [0.29, 0.717) is 55.4 Å². The van der Waals surface area contributed by atoms with E-state index in [0.717, 1.165) is 31.9 Å². The standard InChI is InChI=1S/C22H27F3N10O/c23-22(24,25)20-30-29-17-3-4-18(31-35(17)20)34-7-1-2-16(34)19(36)32-8-10-33(11-9-32)21-27-13-14-12-26-6-5-15(14)28-21/h3-4,13-16,26H,1-2,5-12H2. The number of carbonyl (C=O) groups is 1. The zero-order valence-electron chi connectivity index (χ0n) is 19.6. The summed E-state index contributed by atoms with van der Waals surface area (Å²) in [7, 11) is 0. The molecular formula is C22H27F3N10O. The molecule has 1 amide bonds. The van der Waals surface area contributed by atoms with E-state index in [1.54, 1.807) is 11.0 Å². The number of alkyl halides is 3. The maximum atomic E-state index is 13.5. The summed E-state index contributed by atoms with van der Waals surface area (Å²) in [4.78, 5) is 28.7.